The average molecular weight is 251 g/mol. The first-order chi connectivity index (χ1) is 8.58. The second kappa shape index (κ2) is 5.06. The van der Waals surface area contributed by atoms with E-state index in [0.29, 0.717) is 19.7 Å². The molecule has 0 saturated carbocycles. The summed E-state index contributed by atoms with van der Waals surface area (Å²) in [6.45, 7) is 5.36. The highest BCUT2D eigenvalue weighted by atomic mass is 19.1. The molecule has 2 atom stereocenters. The number of hydrogen-bond donors (Lipinski definition) is 1. The highest BCUT2D eigenvalue weighted by molar-refractivity contribution is 5.75. The van der Waals surface area contributed by atoms with E-state index in [4.69, 9.17) is 4.74 Å². The Bertz CT molecular complexity index is 449. The monoisotopic (exact) mass is 251 g/mol. The molecule has 1 aliphatic heterocycles. The minimum absolute atomic E-state index is 0.214. The van der Waals surface area contributed by atoms with Crippen LogP contribution in [0.4, 0.5) is 4.39 Å². The van der Waals surface area contributed by atoms with Crippen LogP contribution in [0.3, 0.4) is 0 Å². The zero-order valence-electron chi connectivity index (χ0n) is 10.7. The molecule has 4 heteroatoms. The predicted molar refractivity (Wildman–Crippen MR) is 66.7 cm³/mol. The van der Waals surface area contributed by atoms with Crippen LogP contribution in [0, 0.1) is 11.7 Å². The van der Waals surface area contributed by atoms with Crippen LogP contribution in [-0.4, -0.2) is 25.7 Å². The molecule has 1 fully saturated rings. The smallest absolute Gasteiger partial charge is 0.311 e. The molecule has 1 aromatic rings. The first-order valence-electron chi connectivity index (χ1n) is 6.21. The molecule has 1 aromatic carbocycles. The summed E-state index contributed by atoms with van der Waals surface area (Å²) in [5, 5.41) is 3.20. The van der Waals surface area contributed by atoms with Crippen LogP contribution in [0.2, 0.25) is 0 Å². The largest absolute Gasteiger partial charge is 0.466 e. The van der Waals surface area contributed by atoms with Crippen molar-refractivity contribution in [1.29, 1.82) is 0 Å². The lowest BCUT2D eigenvalue weighted by molar-refractivity contribution is -0.149. The predicted octanol–water partition coefficient (Wildman–Crippen LogP) is 1.87. The molecule has 0 spiro atoms. The molecule has 98 valence electrons. The molecular weight excluding hydrogens is 233 g/mol. The third kappa shape index (κ3) is 2.25. The normalized spacial score (nSPS) is 27.2. The number of carbonyl (C=O) groups is 1. The number of halogens is 1. The van der Waals surface area contributed by atoms with Gasteiger partial charge in [-0.25, -0.2) is 4.39 Å². The summed E-state index contributed by atoms with van der Waals surface area (Å²) < 4.78 is 18.4. The Hall–Kier alpha value is -1.42. The Kier molecular flexibility index (Phi) is 3.66. The lowest BCUT2D eigenvalue weighted by atomic mass is 9.74. The fourth-order valence-corrected chi connectivity index (χ4v) is 2.56. The molecule has 0 amide bonds. The van der Waals surface area contributed by atoms with E-state index in [1.807, 2.05) is 13.0 Å². The molecule has 1 aliphatic rings. The molecule has 3 nitrogen and oxygen atoms in total. The molecule has 2 rings (SSSR count). The van der Waals surface area contributed by atoms with Crippen LogP contribution in [0.5, 0.6) is 0 Å². The van der Waals surface area contributed by atoms with Crippen molar-refractivity contribution in [1.82, 2.24) is 5.32 Å². The van der Waals surface area contributed by atoms with Crippen LogP contribution < -0.4 is 5.32 Å². The van der Waals surface area contributed by atoms with E-state index in [9.17, 15) is 9.18 Å². The summed E-state index contributed by atoms with van der Waals surface area (Å²) in [4.78, 5) is 12.0. The standard InChI is InChI=1S/C14H18FNO2/c1-3-18-13(17)12-8-16-9-14(12,2)10-5-4-6-11(15)7-10/h4-7,12,16H,3,8-9H2,1-2H3. The Morgan fingerprint density at radius 1 is 1.61 bits per heavy atom. The van der Waals surface area contributed by atoms with Gasteiger partial charge in [0.2, 0.25) is 0 Å². The lowest BCUT2D eigenvalue weighted by Gasteiger charge is -2.29. The van der Waals surface area contributed by atoms with E-state index in [0.717, 1.165) is 5.56 Å². The Morgan fingerprint density at radius 2 is 2.39 bits per heavy atom. The highest BCUT2D eigenvalue weighted by Gasteiger charge is 2.45. The van der Waals surface area contributed by atoms with Gasteiger partial charge in [-0.05, 0) is 24.6 Å². The van der Waals surface area contributed by atoms with Crippen molar-refractivity contribution in [3.63, 3.8) is 0 Å². The van der Waals surface area contributed by atoms with Gasteiger partial charge in [0.25, 0.3) is 0 Å². The number of carbonyl (C=O) groups excluding carboxylic acids is 1. The first-order valence-corrected chi connectivity index (χ1v) is 6.21. The third-order valence-electron chi connectivity index (χ3n) is 3.66. The summed E-state index contributed by atoms with van der Waals surface area (Å²) in [5.41, 5.74) is 0.430. The molecule has 1 N–H and O–H groups in total. The fraction of sp³-hybridized carbons (Fsp3) is 0.500. The van der Waals surface area contributed by atoms with E-state index in [1.165, 1.54) is 12.1 Å². The zero-order chi connectivity index (χ0) is 13.2. The molecule has 2 unspecified atom stereocenters. The van der Waals surface area contributed by atoms with Crippen molar-refractivity contribution in [2.45, 2.75) is 19.3 Å². The fourth-order valence-electron chi connectivity index (χ4n) is 2.56. The van der Waals surface area contributed by atoms with E-state index in [-0.39, 0.29) is 17.7 Å². The molecule has 1 heterocycles. The Morgan fingerprint density at radius 3 is 3.06 bits per heavy atom. The molecular formula is C14H18FNO2. The van der Waals surface area contributed by atoms with Crippen LogP contribution in [0.15, 0.2) is 24.3 Å². The van der Waals surface area contributed by atoms with E-state index >= 15 is 0 Å². The van der Waals surface area contributed by atoms with Crippen LogP contribution in [0.25, 0.3) is 0 Å². The maximum Gasteiger partial charge on any atom is 0.311 e. The number of hydrogen-bond acceptors (Lipinski definition) is 3. The van der Waals surface area contributed by atoms with Gasteiger partial charge in [0.05, 0.1) is 12.5 Å². The van der Waals surface area contributed by atoms with Crippen LogP contribution >= 0.6 is 0 Å². The van der Waals surface area contributed by atoms with Crippen molar-refractivity contribution < 1.29 is 13.9 Å². The second-order valence-corrected chi connectivity index (χ2v) is 4.86. The molecule has 0 radical (unpaired) electrons. The lowest BCUT2D eigenvalue weighted by Crippen LogP contribution is -2.37. The Balaban J connectivity index is 2.31. The van der Waals surface area contributed by atoms with Crippen molar-refractivity contribution in [3.8, 4) is 0 Å². The first kappa shape index (κ1) is 13.0. The number of nitrogens with one attached hydrogen (secondary N) is 1. The summed E-state index contributed by atoms with van der Waals surface area (Å²) in [6.07, 6.45) is 0. The zero-order valence-corrected chi connectivity index (χ0v) is 10.7. The van der Waals surface area contributed by atoms with E-state index < -0.39 is 5.41 Å². The van der Waals surface area contributed by atoms with Crippen molar-refractivity contribution in [2.75, 3.05) is 19.7 Å². The number of benzene rings is 1. The molecule has 0 aliphatic carbocycles. The molecule has 0 aromatic heterocycles. The minimum atomic E-state index is -0.408. The summed E-state index contributed by atoms with van der Waals surface area (Å²) in [7, 11) is 0. The van der Waals surface area contributed by atoms with Gasteiger partial charge in [0.15, 0.2) is 0 Å². The number of ether oxygens (including phenoxy) is 1. The van der Waals surface area contributed by atoms with Gasteiger partial charge in [-0.1, -0.05) is 19.1 Å². The van der Waals surface area contributed by atoms with Crippen LogP contribution in [0.1, 0.15) is 19.4 Å². The third-order valence-corrected chi connectivity index (χ3v) is 3.66. The van der Waals surface area contributed by atoms with Gasteiger partial charge in [0, 0.05) is 18.5 Å². The number of rotatable bonds is 3. The van der Waals surface area contributed by atoms with Gasteiger partial charge in [-0.15, -0.1) is 0 Å². The highest BCUT2D eigenvalue weighted by Crippen LogP contribution is 2.36. The van der Waals surface area contributed by atoms with Crippen LogP contribution in [-0.2, 0) is 14.9 Å². The average Bonchev–Trinajstić information content (AvgIpc) is 2.73. The summed E-state index contributed by atoms with van der Waals surface area (Å²) >= 11 is 0. The quantitative estimate of drug-likeness (QED) is 0.833. The summed E-state index contributed by atoms with van der Waals surface area (Å²) in [5.74, 6) is -0.753. The minimum Gasteiger partial charge on any atom is -0.466 e. The van der Waals surface area contributed by atoms with Gasteiger partial charge >= 0.3 is 5.97 Å². The number of esters is 1. The van der Waals surface area contributed by atoms with Gasteiger partial charge < -0.3 is 10.1 Å². The Labute approximate surface area is 106 Å². The van der Waals surface area contributed by atoms with E-state index in [1.54, 1.807) is 13.0 Å². The van der Waals surface area contributed by atoms with Gasteiger partial charge in [0.1, 0.15) is 5.82 Å². The van der Waals surface area contributed by atoms with Gasteiger partial charge in [-0.2, -0.15) is 0 Å². The van der Waals surface area contributed by atoms with Crippen molar-refractivity contribution in [2.24, 2.45) is 5.92 Å². The molecule has 0 bridgehead atoms. The van der Waals surface area contributed by atoms with Crippen molar-refractivity contribution in [3.05, 3.63) is 35.6 Å². The summed E-state index contributed by atoms with van der Waals surface area (Å²) in [6, 6.07) is 6.45. The topological polar surface area (TPSA) is 38.3 Å². The maximum atomic E-state index is 13.3. The van der Waals surface area contributed by atoms with E-state index in [2.05, 4.69) is 5.32 Å². The molecule has 1 saturated heterocycles. The second-order valence-electron chi connectivity index (χ2n) is 4.86. The van der Waals surface area contributed by atoms with Crippen molar-refractivity contribution >= 4 is 5.97 Å². The molecule has 18 heavy (non-hydrogen) atoms. The SMILES string of the molecule is CCOC(=O)C1CNCC1(C)c1cccc(F)c1. The maximum absolute atomic E-state index is 13.3. The van der Waals surface area contributed by atoms with Gasteiger partial charge in [-0.3, -0.25) is 4.79 Å².